The lowest BCUT2D eigenvalue weighted by atomic mass is 10.2. The summed E-state index contributed by atoms with van der Waals surface area (Å²) < 4.78 is 10.6. The van der Waals surface area contributed by atoms with Gasteiger partial charge in [0, 0.05) is 0 Å². The number of benzene rings is 1. The second-order valence-corrected chi connectivity index (χ2v) is 6.60. The van der Waals surface area contributed by atoms with Crippen molar-refractivity contribution in [2.75, 3.05) is 18.5 Å². The lowest BCUT2D eigenvalue weighted by Crippen LogP contribution is -2.27. The third-order valence-electron chi connectivity index (χ3n) is 3.49. The molecular weight excluding hydrogens is 352 g/mol. The van der Waals surface area contributed by atoms with Crippen LogP contribution in [0.4, 0.5) is 5.00 Å². The molecule has 0 fully saturated rings. The van der Waals surface area contributed by atoms with Crippen molar-refractivity contribution in [1.82, 2.24) is 5.32 Å². The van der Waals surface area contributed by atoms with Gasteiger partial charge in [-0.25, -0.2) is 0 Å². The minimum Gasteiger partial charge on any atom is -0.492 e. The molecule has 1 aromatic carbocycles. The fourth-order valence-corrected chi connectivity index (χ4v) is 2.98. The molecule has 0 atom stereocenters. The number of ether oxygens (including phenoxy) is 1. The molecule has 2 amide bonds. The molecule has 0 aliphatic rings. The van der Waals surface area contributed by atoms with Crippen LogP contribution < -0.4 is 15.4 Å². The minimum atomic E-state index is -0.352. The first-order chi connectivity index (χ1) is 12.6. The number of hydrogen-bond donors (Lipinski definition) is 2. The molecule has 0 saturated heterocycles. The Labute approximate surface area is 154 Å². The van der Waals surface area contributed by atoms with Crippen molar-refractivity contribution < 1.29 is 18.7 Å². The van der Waals surface area contributed by atoms with Crippen molar-refractivity contribution in [3.05, 3.63) is 71.0 Å². The van der Waals surface area contributed by atoms with Gasteiger partial charge in [0.05, 0.1) is 22.7 Å². The van der Waals surface area contributed by atoms with Crippen molar-refractivity contribution in [3.63, 3.8) is 0 Å². The molecule has 0 radical (unpaired) electrons. The maximum absolute atomic E-state index is 12.1. The lowest BCUT2D eigenvalue weighted by molar-refractivity contribution is 0.0949. The fourth-order valence-electron chi connectivity index (χ4n) is 2.16. The number of hydrogen-bond acceptors (Lipinski definition) is 5. The highest BCUT2D eigenvalue weighted by atomic mass is 32.1. The van der Waals surface area contributed by atoms with E-state index in [0.717, 1.165) is 5.75 Å². The summed E-state index contributed by atoms with van der Waals surface area (Å²) in [4.78, 5) is 24.6. The molecule has 0 aliphatic carbocycles. The summed E-state index contributed by atoms with van der Waals surface area (Å²) in [6, 6.07) is 14.3. The smallest absolute Gasteiger partial charge is 0.291 e. The highest BCUT2D eigenvalue weighted by Crippen LogP contribution is 2.22. The Balaban J connectivity index is 1.44. The molecule has 0 saturated carbocycles. The Morgan fingerprint density at radius 2 is 1.88 bits per heavy atom. The zero-order chi connectivity index (χ0) is 18.4. The molecular formula is C19H18N2O4S. The molecule has 2 N–H and O–H groups in total. The molecule has 7 heteroatoms. The molecule has 6 nitrogen and oxygen atoms in total. The zero-order valence-corrected chi connectivity index (χ0v) is 15.0. The minimum absolute atomic E-state index is 0.207. The molecule has 26 heavy (non-hydrogen) atoms. The van der Waals surface area contributed by atoms with Crippen LogP contribution in [0.5, 0.6) is 5.75 Å². The number of anilines is 1. The van der Waals surface area contributed by atoms with Gasteiger partial charge in [0.1, 0.15) is 12.4 Å². The van der Waals surface area contributed by atoms with Crippen LogP contribution in [-0.4, -0.2) is 25.0 Å². The average molecular weight is 370 g/mol. The molecule has 2 aromatic heterocycles. The Morgan fingerprint density at radius 3 is 2.62 bits per heavy atom. The van der Waals surface area contributed by atoms with Crippen molar-refractivity contribution >= 4 is 28.2 Å². The third kappa shape index (κ3) is 4.73. The van der Waals surface area contributed by atoms with E-state index in [1.807, 2.05) is 31.2 Å². The van der Waals surface area contributed by atoms with E-state index in [0.29, 0.717) is 23.0 Å². The van der Waals surface area contributed by atoms with Crippen molar-refractivity contribution in [3.8, 4) is 5.75 Å². The van der Waals surface area contributed by atoms with Gasteiger partial charge in [-0.3, -0.25) is 9.59 Å². The second kappa shape index (κ2) is 8.35. The summed E-state index contributed by atoms with van der Waals surface area (Å²) in [5, 5.41) is 6.06. The number of furan rings is 1. The summed E-state index contributed by atoms with van der Waals surface area (Å²) in [5.41, 5.74) is 1.17. The van der Waals surface area contributed by atoms with Crippen LogP contribution in [0.1, 0.15) is 25.8 Å². The standard InChI is InChI=1S/C19H18N2O4S/c1-13-4-6-14(7-5-13)24-12-10-20-19(23)16-8-9-17(26-16)21-18(22)15-3-2-11-25-15/h2-9,11H,10,12H2,1H3,(H,20,23)(H,21,22). The van der Waals surface area contributed by atoms with E-state index >= 15 is 0 Å². The van der Waals surface area contributed by atoms with E-state index in [9.17, 15) is 9.59 Å². The van der Waals surface area contributed by atoms with E-state index in [1.165, 1.54) is 23.2 Å². The summed E-state index contributed by atoms with van der Waals surface area (Å²) in [7, 11) is 0. The summed E-state index contributed by atoms with van der Waals surface area (Å²) in [6.45, 7) is 2.78. The Bertz CT molecular complexity index is 869. The van der Waals surface area contributed by atoms with Crippen molar-refractivity contribution in [2.24, 2.45) is 0 Å². The van der Waals surface area contributed by atoms with Gasteiger partial charge in [-0.05, 0) is 43.3 Å². The molecule has 134 valence electrons. The fraction of sp³-hybridized carbons (Fsp3) is 0.158. The van der Waals surface area contributed by atoms with Gasteiger partial charge in [0.15, 0.2) is 5.76 Å². The monoisotopic (exact) mass is 370 g/mol. The van der Waals surface area contributed by atoms with Gasteiger partial charge in [-0.2, -0.15) is 0 Å². The van der Waals surface area contributed by atoms with E-state index < -0.39 is 0 Å². The zero-order valence-electron chi connectivity index (χ0n) is 14.2. The third-order valence-corrected chi connectivity index (χ3v) is 4.49. The lowest BCUT2D eigenvalue weighted by Gasteiger charge is -2.07. The number of carbonyl (C=O) groups excluding carboxylic acids is 2. The number of nitrogens with one attached hydrogen (secondary N) is 2. The summed E-state index contributed by atoms with van der Waals surface area (Å²) in [6.07, 6.45) is 1.43. The molecule has 0 unspecified atom stereocenters. The molecule has 0 bridgehead atoms. The largest absolute Gasteiger partial charge is 0.492 e. The number of rotatable bonds is 7. The van der Waals surface area contributed by atoms with Gasteiger partial charge in [0.2, 0.25) is 0 Å². The van der Waals surface area contributed by atoms with Crippen LogP contribution in [0.15, 0.2) is 59.2 Å². The highest BCUT2D eigenvalue weighted by molar-refractivity contribution is 7.18. The second-order valence-electron chi connectivity index (χ2n) is 5.51. The number of thiophene rings is 1. The van der Waals surface area contributed by atoms with E-state index in [-0.39, 0.29) is 17.6 Å². The molecule has 2 heterocycles. The average Bonchev–Trinajstić information content (AvgIpc) is 3.32. The quantitative estimate of drug-likeness (QED) is 0.621. The van der Waals surface area contributed by atoms with E-state index in [1.54, 1.807) is 24.3 Å². The molecule has 3 rings (SSSR count). The maximum atomic E-state index is 12.1. The van der Waals surface area contributed by atoms with E-state index in [4.69, 9.17) is 9.15 Å². The number of amides is 2. The van der Waals surface area contributed by atoms with Crippen LogP contribution in [-0.2, 0) is 0 Å². The normalized spacial score (nSPS) is 10.3. The van der Waals surface area contributed by atoms with Crippen LogP contribution in [0.2, 0.25) is 0 Å². The topological polar surface area (TPSA) is 80.6 Å². The SMILES string of the molecule is Cc1ccc(OCCNC(=O)c2ccc(NC(=O)c3ccco3)s2)cc1. The Hall–Kier alpha value is -3.06. The van der Waals surface area contributed by atoms with Gasteiger partial charge >= 0.3 is 0 Å². The van der Waals surface area contributed by atoms with Gasteiger partial charge in [0.25, 0.3) is 11.8 Å². The van der Waals surface area contributed by atoms with Gasteiger partial charge in [-0.1, -0.05) is 17.7 Å². The summed E-state index contributed by atoms with van der Waals surface area (Å²) in [5.74, 6) is 0.429. The van der Waals surface area contributed by atoms with E-state index in [2.05, 4.69) is 10.6 Å². The van der Waals surface area contributed by atoms with Crippen LogP contribution in [0, 0.1) is 6.92 Å². The van der Waals surface area contributed by atoms with Crippen LogP contribution >= 0.6 is 11.3 Å². The van der Waals surface area contributed by atoms with Gasteiger partial charge < -0.3 is 19.8 Å². The highest BCUT2D eigenvalue weighted by Gasteiger charge is 2.13. The number of aryl methyl sites for hydroxylation is 1. The number of carbonyl (C=O) groups is 2. The maximum Gasteiger partial charge on any atom is 0.291 e. The predicted molar refractivity (Wildman–Crippen MR) is 100.0 cm³/mol. The van der Waals surface area contributed by atoms with Crippen LogP contribution in [0.25, 0.3) is 0 Å². The Kier molecular flexibility index (Phi) is 5.70. The van der Waals surface area contributed by atoms with Crippen molar-refractivity contribution in [1.29, 1.82) is 0 Å². The summed E-state index contributed by atoms with van der Waals surface area (Å²) >= 11 is 1.20. The first-order valence-corrected chi connectivity index (χ1v) is 8.86. The molecule has 0 aliphatic heterocycles. The first-order valence-electron chi connectivity index (χ1n) is 8.04. The van der Waals surface area contributed by atoms with Crippen LogP contribution in [0.3, 0.4) is 0 Å². The molecule has 3 aromatic rings. The predicted octanol–water partition coefficient (Wildman–Crippen LogP) is 3.71. The van der Waals surface area contributed by atoms with Crippen molar-refractivity contribution in [2.45, 2.75) is 6.92 Å². The van der Waals surface area contributed by atoms with Gasteiger partial charge in [-0.15, -0.1) is 11.3 Å². The molecule has 0 spiro atoms. The Morgan fingerprint density at radius 1 is 1.08 bits per heavy atom. The first kappa shape index (κ1) is 17.8.